The van der Waals surface area contributed by atoms with Crippen LogP contribution in [0.1, 0.15) is 30.1 Å². The second-order valence-electron chi connectivity index (χ2n) is 7.78. The molecule has 1 aromatic carbocycles. The van der Waals surface area contributed by atoms with Gasteiger partial charge in [-0.05, 0) is 18.1 Å². The van der Waals surface area contributed by atoms with Crippen LogP contribution in [-0.2, 0) is 10.2 Å². The number of likely N-dealkylation sites (tertiary alicyclic amines) is 1. The van der Waals surface area contributed by atoms with Crippen LogP contribution in [0.15, 0.2) is 24.8 Å². The third kappa shape index (κ3) is 1.49. The largest absolute Gasteiger partial charge is 0.504 e. The first-order chi connectivity index (χ1) is 12.4. The van der Waals surface area contributed by atoms with E-state index in [0.717, 1.165) is 0 Å². The molecule has 0 aromatic heterocycles. The molecule has 6 atom stereocenters. The Morgan fingerprint density at radius 1 is 1.38 bits per heavy atom. The number of ether oxygens (including phenoxy) is 1. The van der Waals surface area contributed by atoms with Gasteiger partial charge in [0.2, 0.25) is 0 Å². The van der Waals surface area contributed by atoms with Crippen molar-refractivity contribution in [3.63, 3.8) is 0 Å². The number of ketones is 1. The molecule has 2 aliphatic carbocycles. The third-order valence-corrected chi connectivity index (χ3v) is 6.83. The van der Waals surface area contributed by atoms with Crippen LogP contribution in [0.3, 0.4) is 0 Å². The van der Waals surface area contributed by atoms with Crippen LogP contribution in [0, 0.1) is 0 Å². The van der Waals surface area contributed by atoms with Crippen molar-refractivity contribution in [2.75, 3.05) is 13.1 Å². The summed E-state index contributed by atoms with van der Waals surface area (Å²) in [5, 5.41) is 44.1. The molecular formula is C19H21NO6. The number of nitrogens with zero attached hydrogens (tertiary/aromatic N) is 1. The highest BCUT2D eigenvalue weighted by molar-refractivity contribution is 5.90. The molecule has 2 fully saturated rings. The maximum Gasteiger partial charge on any atom is 0.177 e. The van der Waals surface area contributed by atoms with Crippen LogP contribution in [0.4, 0.5) is 0 Å². The lowest BCUT2D eigenvalue weighted by Gasteiger charge is -2.64. The zero-order chi connectivity index (χ0) is 18.4. The number of carbonyl (C=O) groups excluding carboxylic acids is 1. The Bertz CT molecular complexity index is 840. The van der Waals surface area contributed by atoms with Crippen molar-refractivity contribution in [3.05, 3.63) is 35.9 Å². The molecule has 1 saturated heterocycles. The molecule has 0 amide bonds. The summed E-state index contributed by atoms with van der Waals surface area (Å²) >= 11 is 0. The van der Waals surface area contributed by atoms with Crippen molar-refractivity contribution >= 4 is 5.78 Å². The Labute approximate surface area is 150 Å². The Morgan fingerprint density at radius 2 is 2.15 bits per heavy atom. The van der Waals surface area contributed by atoms with Gasteiger partial charge in [-0.2, -0.15) is 0 Å². The van der Waals surface area contributed by atoms with E-state index in [1.807, 2.05) is 4.90 Å². The summed E-state index contributed by atoms with van der Waals surface area (Å²) in [5.41, 5.74) is -1.94. The van der Waals surface area contributed by atoms with Gasteiger partial charge in [0.05, 0.1) is 23.7 Å². The molecule has 1 aromatic rings. The Hall–Kier alpha value is -1.93. The molecule has 26 heavy (non-hydrogen) atoms. The van der Waals surface area contributed by atoms with Gasteiger partial charge in [-0.15, -0.1) is 6.58 Å². The van der Waals surface area contributed by atoms with Crippen molar-refractivity contribution in [2.45, 2.75) is 48.2 Å². The van der Waals surface area contributed by atoms with Gasteiger partial charge < -0.3 is 25.2 Å². The fraction of sp³-hybridized carbons (Fsp3) is 0.526. The van der Waals surface area contributed by atoms with E-state index in [-0.39, 0.29) is 23.7 Å². The van der Waals surface area contributed by atoms with Gasteiger partial charge in [0.15, 0.2) is 23.4 Å². The number of aliphatic hydroxyl groups excluding tert-OH is 2. The van der Waals surface area contributed by atoms with E-state index in [2.05, 4.69) is 6.58 Å². The summed E-state index contributed by atoms with van der Waals surface area (Å²) in [7, 11) is 0. The minimum Gasteiger partial charge on any atom is -0.504 e. The van der Waals surface area contributed by atoms with E-state index >= 15 is 0 Å². The van der Waals surface area contributed by atoms with Crippen LogP contribution in [0.5, 0.6) is 11.5 Å². The number of aliphatic hydroxyl groups is 3. The average molecular weight is 359 g/mol. The van der Waals surface area contributed by atoms with Crippen molar-refractivity contribution in [3.8, 4) is 11.5 Å². The fourth-order valence-electron chi connectivity index (χ4n) is 5.90. The molecule has 2 heterocycles. The van der Waals surface area contributed by atoms with Crippen LogP contribution in [0.2, 0.25) is 0 Å². The quantitative estimate of drug-likeness (QED) is 0.540. The minimum atomic E-state index is -1.77. The number of aromatic hydroxyl groups is 1. The lowest BCUT2D eigenvalue weighted by Crippen LogP contribution is -2.81. The molecule has 7 heteroatoms. The minimum absolute atomic E-state index is 0.128. The molecule has 1 saturated carbocycles. The summed E-state index contributed by atoms with van der Waals surface area (Å²) in [4.78, 5) is 14.6. The maximum absolute atomic E-state index is 12.7. The van der Waals surface area contributed by atoms with Crippen molar-refractivity contribution < 1.29 is 30.0 Å². The van der Waals surface area contributed by atoms with Gasteiger partial charge in [0.25, 0.3) is 0 Å². The van der Waals surface area contributed by atoms with Crippen molar-refractivity contribution in [1.29, 1.82) is 0 Å². The van der Waals surface area contributed by atoms with Gasteiger partial charge in [-0.3, -0.25) is 9.69 Å². The van der Waals surface area contributed by atoms with E-state index < -0.39 is 35.4 Å². The van der Waals surface area contributed by atoms with E-state index in [1.165, 1.54) is 6.07 Å². The standard InChI is InChI=1S/C19H21NO6/c1-2-6-20-7-5-18-13-9-3-4-10(21)15(13)26-17(18)11(22)8-12(23)19(18,25)16(20)14(9)24/h2-4,12,14,16-17,21,23-25H,1,5-8H2/t12-,14+,16+,17?,18-,19+/m0/s1. The molecule has 1 spiro atoms. The van der Waals surface area contributed by atoms with Crippen LogP contribution < -0.4 is 4.74 Å². The highest BCUT2D eigenvalue weighted by Gasteiger charge is 2.77. The zero-order valence-corrected chi connectivity index (χ0v) is 14.1. The molecule has 1 unspecified atom stereocenters. The molecule has 2 aliphatic heterocycles. The second kappa shape index (κ2) is 4.86. The van der Waals surface area contributed by atoms with Gasteiger partial charge in [-0.25, -0.2) is 0 Å². The zero-order valence-electron chi connectivity index (χ0n) is 14.1. The summed E-state index contributed by atoms with van der Waals surface area (Å²) in [5.74, 6) is -0.282. The van der Waals surface area contributed by atoms with Crippen LogP contribution in [-0.4, -0.2) is 68.0 Å². The van der Waals surface area contributed by atoms with Crippen molar-refractivity contribution in [2.24, 2.45) is 0 Å². The van der Waals surface area contributed by atoms with Crippen molar-refractivity contribution in [1.82, 2.24) is 4.90 Å². The van der Waals surface area contributed by atoms with Crippen LogP contribution in [0.25, 0.3) is 0 Å². The number of Topliss-reactive ketones (excluding diaryl/α,β-unsaturated/α-hetero) is 1. The maximum atomic E-state index is 12.7. The first-order valence-electron chi connectivity index (χ1n) is 8.87. The highest BCUT2D eigenvalue weighted by Crippen LogP contribution is 2.66. The number of phenolic OH excluding ortho intramolecular Hbond substituents is 1. The predicted molar refractivity (Wildman–Crippen MR) is 89.9 cm³/mol. The Kier molecular flexibility index (Phi) is 3.04. The second-order valence-corrected chi connectivity index (χ2v) is 7.78. The lowest BCUT2D eigenvalue weighted by atomic mass is 9.47. The molecule has 4 N–H and O–H groups in total. The number of hydrogen-bond donors (Lipinski definition) is 4. The first kappa shape index (κ1) is 16.3. The predicted octanol–water partition coefficient (Wildman–Crippen LogP) is -0.237. The average Bonchev–Trinajstić information content (AvgIpc) is 2.95. The molecule has 138 valence electrons. The Balaban J connectivity index is 1.86. The SMILES string of the molecule is C=CCN1CC[C@]23c4c5ccc(O)c4OC2C(=O)C[C@H](O)[C@@]3(O)[C@H]1[C@@H]5O. The topological polar surface area (TPSA) is 110 Å². The fourth-order valence-corrected chi connectivity index (χ4v) is 5.90. The number of carbonyl (C=O) groups is 1. The smallest absolute Gasteiger partial charge is 0.177 e. The van der Waals surface area contributed by atoms with Crippen LogP contribution >= 0.6 is 0 Å². The molecular weight excluding hydrogens is 338 g/mol. The number of benzene rings is 1. The normalized spacial score (nSPS) is 43.0. The van der Waals surface area contributed by atoms with E-state index in [9.17, 15) is 25.2 Å². The molecule has 7 nitrogen and oxygen atoms in total. The van der Waals surface area contributed by atoms with E-state index in [4.69, 9.17) is 4.74 Å². The van der Waals surface area contributed by atoms with Gasteiger partial charge in [0.1, 0.15) is 5.60 Å². The summed E-state index contributed by atoms with van der Waals surface area (Å²) in [6.45, 7) is 4.69. The Morgan fingerprint density at radius 3 is 2.88 bits per heavy atom. The lowest BCUT2D eigenvalue weighted by molar-refractivity contribution is -0.247. The van der Waals surface area contributed by atoms with E-state index in [0.29, 0.717) is 30.6 Å². The molecule has 5 rings (SSSR count). The van der Waals surface area contributed by atoms with E-state index in [1.54, 1.807) is 12.1 Å². The molecule has 0 radical (unpaired) electrons. The molecule has 4 aliphatic rings. The monoisotopic (exact) mass is 359 g/mol. The summed E-state index contributed by atoms with van der Waals surface area (Å²) < 4.78 is 5.86. The first-order valence-corrected chi connectivity index (χ1v) is 8.87. The van der Waals surface area contributed by atoms with Gasteiger partial charge in [0, 0.05) is 25.1 Å². The van der Waals surface area contributed by atoms with Gasteiger partial charge in [-0.1, -0.05) is 12.1 Å². The highest BCUT2D eigenvalue weighted by atomic mass is 16.5. The van der Waals surface area contributed by atoms with Gasteiger partial charge >= 0.3 is 0 Å². The summed E-state index contributed by atoms with van der Waals surface area (Å²) in [6.07, 6.45) is -1.58. The number of piperidine rings is 1. The third-order valence-electron chi connectivity index (χ3n) is 6.83. The number of hydrogen-bond acceptors (Lipinski definition) is 7. The molecule has 2 bridgehead atoms. The summed E-state index contributed by atoms with van der Waals surface area (Å²) in [6, 6.07) is 2.25. The number of phenols is 1. The number of rotatable bonds is 2.